The molecule has 0 aliphatic rings. The number of amides is 1. The molecule has 32 heavy (non-hydrogen) atoms. The van der Waals surface area contributed by atoms with Crippen LogP contribution >= 0.6 is 0 Å². The van der Waals surface area contributed by atoms with Gasteiger partial charge in [-0.05, 0) is 35.4 Å². The zero-order chi connectivity index (χ0) is 23.1. The highest BCUT2D eigenvalue weighted by molar-refractivity contribution is 7.92. The van der Waals surface area contributed by atoms with Crippen LogP contribution in [0.1, 0.15) is 31.8 Å². The second-order valence-electron chi connectivity index (χ2n) is 6.90. The van der Waals surface area contributed by atoms with Crippen molar-refractivity contribution in [2.75, 3.05) is 10.6 Å². The van der Waals surface area contributed by atoms with Gasteiger partial charge in [0, 0.05) is 0 Å². The third-order valence-corrected chi connectivity index (χ3v) is 5.65. The first kappa shape index (κ1) is 22.7. The van der Waals surface area contributed by atoms with Crippen LogP contribution in [0.4, 0.5) is 5.69 Å². The van der Waals surface area contributed by atoms with Crippen molar-refractivity contribution in [2.24, 2.45) is 5.10 Å². The zero-order valence-electron chi connectivity index (χ0n) is 17.2. The molecule has 0 aliphatic carbocycles. The van der Waals surface area contributed by atoms with Crippen molar-refractivity contribution in [3.05, 3.63) is 101 Å². The number of hydrogen-bond donors (Lipinski definition) is 2. The van der Waals surface area contributed by atoms with Gasteiger partial charge in [-0.3, -0.25) is 9.10 Å². The summed E-state index contributed by atoms with van der Waals surface area (Å²) in [6, 6.07) is 21.4. The van der Waals surface area contributed by atoms with Gasteiger partial charge in [0.25, 0.3) is 5.91 Å². The van der Waals surface area contributed by atoms with Crippen molar-refractivity contribution < 1.29 is 23.1 Å². The number of carbonyl (C=O) groups is 2. The number of nitrogens with zero attached hydrogens (tertiary/aromatic N) is 2. The quantitative estimate of drug-likeness (QED) is 0.403. The lowest BCUT2D eigenvalue weighted by Crippen LogP contribution is -2.32. The second kappa shape index (κ2) is 9.88. The monoisotopic (exact) mass is 451 g/mol. The van der Waals surface area contributed by atoms with E-state index < -0.39 is 21.9 Å². The third-order valence-electron chi connectivity index (χ3n) is 4.52. The van der Waals surface area contributed by atoms with Gasteiger partial charge in [0.1, 0.15) is 0 Å². The number of para-hydroxylation sites is 1. The summed E-state index contributed by atoms with van der Waals surface area (Å²) in [6.45, 7) is 0.0726. The number of rotatable bonds is 8. The summed E-state index contributed by atoms with van der Waals surface area (Å²) in [7, 11) is -3.68. The fourth-order valence-electron chi connectivity index (χ4n) is 2.95. The van der Waals surface area contributed by atoms with Gasteiger partial charge in [-0.1, -0.05) is 54.6 Å². The Morgan fingerprint density at radius 2 is 1.59 bits per heavy atom. The number of carboxylic acids is 1. The molecule has 2 N–H and O–H groups in total. The first-order chi connectivity index (χ1) is 15.3. The van der Waals surface area contributed by atoms with Crippen LogP contribution in [0, 0.1) is 0 Å². The van der Waals surface area contributed by atoms with Crippen LogP contribution in [-0.2, 0) is 16.6 Å². The molecule has 0 spiro atoms. The molecule has 0 heterocycles. The average molecular weight is 452 g/mol. The Kier molecular flexibility index (Phi) is 7.01. The highest BCUT2D eigenvalue weighted by atomic mass is 32.2. The number of hydrazone groups is 1. The van der Waals surface area contributed by atoms with Gasteiger partial charge in [-0.25, -0.2) is 18.6 Å². The summed E-state index contributed by atoms with van der Waals surface area (Å²) in [5.74, 6) is -1.62. The summed E-state index contributed by atoms with van der Waals surface area (Å²) in [6.07, 6.45) is 2.45. The molecule has 3 aromatic carbocycles. The van der Waals surface area contributed by atoms with Gasteiger partial charge < -0.3 is 5.11 Å². The Hall–Kier alpha value is -3.98. The molecular formula is C23H21N3O5S. The fraction of sp³-hybridized carbons (Fsp3) is 0.0870. The molecule has 0 saturated carbocycles. The summed E-state index contributed by atoms with van der Waals surface area (Å²) in [5.41, 5.74) is 4.27. The summed E-state index contributed by atoms with van der Waals surface area (Å²) in [5, 5.41) is 12.8. The molecule has 0 fully saturated rings. The minimum atomic E-state index is -3.68. The van der Waals surface area contributed by atoms with Crippen molar-refractivity contribution in [3.63, 3.8) is 0 Å². The van der Waals surface area contributed by atoms with Crippen LogP contribution < -0.4 is 9.73 Å². The van der Waals surface area contributed by atoms with E-state index in [-0.39, 0.29) is 23.4 Å². The van der Waals surface area contributed by atoms with Crippen LogP contribution in [0.2, 0.25) is 0 Å². The topological polar surface area (TPSA) is 116 Å². The number of sulfonamides is 1. The predicted molar refractivity (Wildman–Crippen MR) is 122 cm³/mol. The number of nitrogens with one attached hydrogen (secondary N) is 1. The third kappa shape index (κ3) is 5.79. The molecule has 0 aromatic heterocycles. The van der Waals surface area contributed by atoms with E-state index >= 15 is 0 Å². The van der Waals surface area contributed by atoms with Gasteiger partial charge in [0.15, 0.2) is 0 Å². The SMILES string of the molecule is CS(=O)(=O)N(Cc1ccccc1)c1ccccc1C(=O)N/N=C/c1ccc(C(=O)O)cc1. The molecule has 164 valence electrons. The van der Waals surface area contributed by atoms with Gasteiger partial charge in [-0.2, -0.15) is 5.10 Å². The van der Waals surface area contributed by atoms with Crippen molar-refractivity contribution in [3.8, 4) is 0 Å². The Labute approximate surface area is 185 Å². The maximum Gasteiger partial charge on any atom is 0.335 e. The molecule has 3 rings (SSSR count). The average Bonchev–Trinajstić information content (AvgIpc) is 2.78. The molecule has 0 atom stereocenters. The number of anilines is 1. The van der Waals surface area contributed by atoms with E-state index in [4.69, 9.17) is 5.11 Å². The van der Waals surface area contributed by atoms with E-state index in [0.29, 0.717) is 5.56 Å². The second-order valence-corrected chi connectivity index (χ2v) is 8.81. The van der Waals surface area contributed by atoms with E-state index in [2.05, 4.69) is 10.5 Å². The lowest BCUT2D eigenvalue weighted by molar-refractivity contribution is 0.0696. The molecule has 0 unspecified atom stereocenters. The van der Waals surface area contributed by atoms with Crippen LogP contribution in [-0.4, -0.2) is 37.9 Å². The fourth-order valence-corrected chi connectivity index (χ4v) is 3.85. The predicted octanol–water partition coefficient (Wildman–Crippen LogP) is 3.11. The number of carboxylic acid groups (broad SMARTS) is 1. The molecule has 0 saturated heterocycles. The van der Waals surface area contributed by atoms with Crippen molar-refractivity contribution in [2.45, 2.75) is 6.54 Å². The number of hydrogen-bond acceptors (Lipinski definition) is 5. The smallest absolute Gasteiger partial charge is 0.335 e. The van der Waals surface area contributed by atoms with Gasteiger partial charge in [-0.15, -0.1) is 0 Å². The largest absolute Gasteiger partial charge is 0.478 e. The van der Waals surface area contributed by atoms with Crippen molar-refractivity contribution in [1.82, 2.24) is 5.43 Å². The van der Waals surface area contributed by atoms with Gasteiger partial charge in [0.05, 0.1) is 35.8 Å². The molecule has 0 aliphatic heterocycles. The number of aromatic carboxylic acids is 1. The molecule has 0 bridgehead atoms. The molecule has 1 amide bonds. The Bertz CT molecular complexity index is 1240. The molecule has 0 radical (unpaired) electrons. The Morgan fingerprint density at radius 3 is 2.22 bits per heavy atom. The highest BCUT2D eigenvalue weighted by Gasteiger charge is 2.23. The normalized spacial score (nSPS) is 11.3. The first-order valence-corrected chi connectivity index (χ1v) is 11.4. The van der Waals surface area contributed by atoms with Gasteiger partial charge in [0.2, 0.25) is 10.0 Å². The minimum Gasteiger partial charge on any atom is -0.478 e. The van der Waals surface area contributed by atoms with E-state index in [0.717, 1.165) is 11.8 Å². The van der Waals surface area contributed by atoms with E-state index in [9.17, 15) is 18.0 Å². The van der Waals surface area contributed by atoms with Crippen LogP contribution in [0.15, 0.2) is 84.0 Å². The Balaban J connectivity index is 1.82. The lowest BCUT2D eigenvalue weighted by Gasteiger charge is -2.24. The summed E-state index contributed by atoms with van der Waals surface area (Å²) >= 11 is 0. The maximum absolute atomic E-state index is 12.8. The van der Waals surface area contributed by atoms with Crippen LogP contribution in [0.3, 0.4) is 0 Å². The van der Waals surface area contributed by atoms with Gasteiger partial charge >= 0.3 is 5.97 Å². The van der Waals surface area contributed by atoms with Crippen molar-refractivity contribution >= 4 is 33.8 Å². The zero-order valence-corrected chi connectivity index (χ0v) is 18.0. The summed E-state index contributed by atoms with van der Waals surface area (Å²) in [4.78, 5) is 23.7. The molecule has 3 aromatic rings. The lowest BCUT2D eigenvalue weighted by atomic mass is 10.1. The Morgan fingerprint density at radius 1 is 0.969 bits per heavy atom. The first-order valence-electron chi connectivity index (χ1n) is 9.53. The van der Waals surface area contributed by atoms with E-state index in [1.807, 2.05) is 18.2 Å². The van der Waals surface area contributed by atoms with Crippen LogP contribution in [0.5, 0.6) is 0 Å². The number of benzene rings is 3. The summed E-state index contributed by atoms with van der Waals surface area (Å²) < 4.78 is 26.2. The standard InChI is InChI=1S/C23H21N3O5S/c1-32(30,31)26(16-18-7-3-2-4-8-18)21-10-6-5-9-20(21)22(27)25-24-15-17-11-13-19(14-12-17)23(28)29/h2-15H,16H2,1H3,(H,25,27)(H,28,29)/b24-15+. The number of carbonyl (C=O) groups excluding carboxylic acids is 1. The molecule has 9 heteroatoms. The molecular weight excluding hydrogens is 430 g/mol. The highest BCUT2D eigenvalue weighted by Crippen LogP contribution is 2.25. The van der Waals surface area contributed by atoms with Crippen LogP contribution in [0.25, 0.3) is 0 Å². The van der Waals surface area contributed by atoms with E-state index in [1.165, 1.54) is 28.7 Å². The molecule has 8 nitrogen and oxygen atoms in total. The maximum atomic E-state index is 12.8. The minimum absolute atomic E-state index is 0.0726. The van der Waals surface area contributed by atoms with E-state index in [1.54, 1.807) is 42.5 Å². The van der Waals surface area contributed by atoms with Crippen molar-refractivity contribution in [1.29, 1.82) is 0 Å².